The van der Waals surface area contributed by atoms with Crippen LogP contribution in [0.1, 0.15) is 56.4 Å². The first-order valence-corrected chi connectivity index (χ1v) is 8.95. The van der Waals surface area contributed by atoms with Crippen LogP contribution in [0.3, 0.4) is 0 Å². The molecular formula is C20H21N5O2. The number of hydrogen-bond donors (Lipinski definition) is 2. The molecule has 7 nitrogen and oxygen atoms in total. The molecule has 3 N–H and O–H groups in total. The fourth-order valence-electron chi connectivity index (χ4n) is 3.34. The average Bonchev–Trinajstić information content (AvgIpc) is 3.46. The first-order chi connectivity index (χ1) is 12.9. The summed E-state index contributed by atoms with van der Waals surface area (Å²) in [6.07, 6.45) is 2.21. The maximum absolute atomic E-state index is 12.9. The van der Waals surface area contributed by atoms with Crippen molar-refractivity contribution in [3.8, 4) is 0 Å². The Hall–Kier alpha value is -3.22. The number of nitrogens with zero attached hydrogens (tertiary/aromatic N) is 3. The number of fused-ring (bicyclic) bond motifs is 1. The number of nitrogens with two attached hydrogens (primary N) is 1. The van der Waals surface area contributed by atoms with Crippen molar-refractivity contribution in [2.24, 2.45) is 12.8 Å². The zero-order valence-corrected chi connectivity index (χ0v) is 15.3. The van der Waals surface area contributed by atoms with Crippen molar-refractivity contribution in [1.82, 2.24) is 20.1 Å². The Morgan fingerprint density at radius 2 is 2.07 bits per heavy atom. The summed E-state index contributed by atoms with van der Waals surface area (Å²) in [5, 5.41) is 8.15. The molecule has 138 valence electrons. The number of primary amides is 1. The Balaban J connectivity index is 1.64. The van der Waals surface area contributed by atoms with Gasteiger partial charge in [-0.1, -0.05) is 12.1 Å². The van der Waals surface area contributed by atoms with Gasteiger partial charge < -0.3 is 11.1 Å². The summed E-state index contributed by atoms with van der Waals surface area (Å²) in [4.78, 5) is 29.0. The van der Waals surface area contributed by atoms with Crippen LogP contribution in [0.5, 0.6) is 0 Å². The summed E-state index contributed by atoms with van der Waals surface area (Å²) in [5.41, 5.74) is 9.62. The number of aromatic nitrogens is 3. The number of aryl methyl sites for hydroxylation is 2. The van der Waals surface area contributed by atoms with E-state index in [9.17, 15) is 9.59 Å². The molecule has 1 aromatic carbocycles. The molecule has 1 saturated carbocycles. The van der Waals surface area contributed by atoms with Crippen molar-refractivity contribution in [3.63, 3.8) is 0 Å². The number of carbonyl (C=O) groups is 2. The van der Waals surface area contributed by atoms with Gasteiger partial charge >= 0.3 is 0 Å². The molecule has 0 atom stereocenters. The van der Waals surface area contributed by atoms with Gasteiger partial charge in [-0.3, -0.25) is 14.3 Å². The zero-order chi connectivity index (χ0) is 19.1. The van der Waals surface area contributed by atoms with Gasteiger partial charge in [0, 0.05) is 30.8 Å². The van der Waals surface area contributed by atoms with E-state index in [2.05, 4.69) is 10.4 Å². The number of pyridine rings is 1. The number of rotatable bonds is 5. The summed E-state index contributed by atoms with van der Waals surface area (Å²) in [7, 11) is 1.84. The highest BCUT2D eigenvalue weighted by atomic mass is 16.2. The van der Waals surface area contributed by atoms with E-state index in [1.807, 2.05) is 26.1 Å². The number of carbonyl (C=O) groups excluding carboxylic acids is 2. The molecule has 1 aliphatic rings. The van der Waals surface area contributed by atoms with E-state index < -0.39 is 5.91 Å². The van der Waals surface area contributed by atoms with E-state index >= 15 is 0 Å². The second kappa shape index (κ2) is 6.50. The molecule has 0 unspecified atom stereocenters. The summed E-state index contributed by atoms with van der Waals surface area (Å²) in [5.74, 6) is -0.229. The standard InChI is InChI=1S/C20H21N5O2/c1-11-17-15(9-16(13-6-7-13)23-19(17)25(2)24-11)20(27)22-10-12-4-3-5-14(8-12)18(21)26/h3-5,8-9,13H,6-7,10H2,1-2H3,(H2,21,26)(H,22,27). The highest BCUT2D eigenvalue weighted by molar-refractivity contribution is 6.06. The molecule has 7 heteroatoms. The van der Waals surface area contributed by atoms with Gasteiger partial charge in [-0.15, -0.1) is 0 Å². The van der Waals surface area contributed by atoms with Crippen LogP contribution in [0.2, 0.25) is 0 Å². The highest BCUT2D eigenvalue weighted by Crippen LogP contribution is 2.40. The Morgan fingerprint density at radius 1 is 1.30 bits per heavy atom. The molecule has 0 bridgehead atoms. The number of amides is 2. The van der Waals surface area contributed by atoms with Crippen molar-refractivity contribution in [3.05, 3.63) is 58.4 Å². The molecule has 0 saturated heterocycles. The monoisotopic (exact) mass is 363 g/mol. The minimum atomic E-state index is -0.487. The maximum atomic E-state index is 12.9. The minimum Gasteiger partial charge on any atom is -0.366 e. The molecule has 0 spiro atoms. The van der Waals surface area contributed by atoms with Crippen molar-refractivity contribution < 1.29 is 9.59 Å². The van der Waals surface area contributed by atoms with Gasteiger partial charge in [0.2, 0.25) is 5.91 Å². The molecular weight excluding hydrogens is 342 g/mol. The molecule has 27 heavy (non-hydrogen) atoms. The van der Waals surface area contributed by atoms with E-state index in [1.165, 1.54) is 0 Å². The van der Waals surface area contributed by atoms with Crippen LogP contribution in [0.4, 0.5) is 0 Å². The fraction of sp³-hybridized carbons (Fsp3) is 0.300. The zero-order valence-electron chi connectivity index (χ0n) is 15.3. The normalized spacial score (nSPS) is 13.7. The second-order valence-electron chi connectivity index (χ2n) is 7.02. The average molecular weight is 363 g/mol. The van der Waals surface area contributed by atoms with Crippen LogP contribution >= 0.6 is 0 Å². The van der Waals surface area contributed by atoms with Gasteiger partial charge in [-0.05, 0) is 43.5 Å². The van der Waals surface area contributed by atoms with Crippen LogP contribution in [-0.4, -0.2) is 26.6 Å². The number of benzene rings is 1. The van der Waals surface area contributed by atoms with Crippen LogP contribution in [0.15, 0.2) is 30.3 Å². The summed E-state index contributed by atoms with van der Waals surface area (Å²) < 4.78 is 1.73. The summed E-state index contributed by atoms with van der Waals surface area (Å²) in [6, 6.07) is 8.84. The largest absolute Gasteiger partial charge is 0.366 e. The Morgan fingerprint density at radius 3 is 2.78 bits per heavy atom. The lowest BCUT2D eigenvalue weighted by molar-refractivity contribution is 0.0951. The molecule has 1 fully saturated rings. The van der Waals surface area contributed by atoms with Crippen molar-refractivity contribution in [2.45, 2.75) is 32.2 Å². The van der Waals surface area contributed by atoms with Gasteiger partial charge in [0.15, 0.2) is 5.65 Å². The third-order valence-corrected chi connectivity index (χ3v) is 4.89. The molecule has 2 aromatic heterocycles. The molecule has 2 amide bonds. The van der Waals surface area contributed by atoms with E-state index in [0.29, 0.717) is 23.6 Å². The van der Waals surface area contributed by atoms with Gasteiger partial charge in [-0.2, -0.15) is 5.10 Å². The molecule has 3 aromatic rings. The maximum Gasteiger partial charge on any atom is 0.252 e. The first-order valence-electron chi connectivity index (χ1n) is 8.95. The SMILES string of the molecule is Cc1nn(C)c2nc(C3CC3)cc(C(=O)NCc3cccc(C(N)=O)c3)c12. The minimum absolute atomic E-state index is 0.176. The lowest BCUT2D eigenvalue weighted by atomic mass is 10.1. The van der Waals surface area contributed by atoms with Gasteiger partial charge in [0.25, 0.3) is 5.91 Å². The van der Waals surface area contributed by atoms with E-state index in [0.717, 1.165) is 40.8 Å². The predicted octanol–water partition coefficient (Wildman–Crippen LogP) is 2.18. The van der Waals surface area contributed by atoms with E-state index in [4.69, 9.17) is 10.7 Å². The molecule has 4 rings (SSSR count). The predicted molar refractivity (Wildman–Crippen MR) is 101 cm³/mol. The molecule has 0 radical (unpaired) electrons. The third kappa shape index (κ3) is 3.28. The Labute approximate surface area is 156 Å². The van der Waals surface area contributed by atoms with Gasteiger partial charge in [0.1, 0.15) is 0 Å². The van der Waals surface area contributed by atoms with Crippen molar-refractivity contribution >= 4 is 22.8 Å². The molecule has 1 aliphatic carbocycles. The van der Waals surface area contributed by atoms with E-state index in [-0.39, 0.29) is 5.91 Å². The van der Waals surface area contributed by atoms with Crippen LogP contribution < -0.4 is 11.1 Å². The quantitative estimate of drug-likeness (QED) is 0.725. The highest BCUT2D eigenvalue weighted by Gasteiger charge is 2.28. The van der Waals surface area contributed by atoms with E-state index in [1.54, 1.807) is 22.9 Å². The lowest BCUT2D eigenvalue weighted by Crippen LogP contribution is -2.24. The van der Waals surface area contributed by atoms with Crippen LogP contribution in [0.25, 0.3) is 11.0 Å². The van der Waals surface area contributed by atoms with Gasteiger partial charge in [-0.25, -0.2) is 4.98 Å². The Bertz CT molecular complexity index is 1070. The van der Waals surface area contributed by atoms with Gasteiger partial charge in [0.05, 0.1) is 16.6 Å². The topological polar surface area (TPSA) is 103 Å². The summed E-state index contributed by atoms with van der Waals surface area (Å²) >= 11 is 0. The smallest absolute Gasteiger partial charge is 0.252 e. The molecule has 2 heterocycles. The number of nitrogens with one attached hydrogen (secondary N) is 1. The number of hydrogen-bond acceptors (Lipinski definition) is 4. The Kier molecular flexibility index (Phi) is 4.14. The second-order valence-corrected chi connectivity index (χ2v) is 7.02. The summed E-state index contributed by atoms with van der Waals surface area (Å²) in [6.45, 7) is 2.19. The first kappa shape index (κ1) is 17.2. The molecule has 0 aliphatic heterocycles. The lowest BCUT2D eigenvalue weighted by Gasteiger charge is -2.09. The van der Waals surface area contributed by atoms with Crippen LogP contribution in [-0.2, 0) is 13.6 Å². The van der Waals surface area contributed by atoms with Crippen molar-refractivity contribution in [2.75, 3.05) is 0 Å². The third-order valence-electron chi connectivity index (χ3n) is 4.89. The van der Waals surface area contributed by atoms with Crippen molar-refractivity contribution in [1.29, 1.82) is 0 Å². The fourth-order valence-corrected chi connectivity index (χ4v) is 3.34. The van der Waals surface area contributed by atoms with Crippen LogP contribution in [0, 0.1) is 6.92 Å².